The van der Waals surface area contributed by atoms with Crippen LogP contribution in [0.25, 0.3) is 0 Å². The van der Waals surface area contributed by atoms with Gasteiger partial charge in [0.25, 0.3) is 5.91 Å². The average molecular weight is 462 g/mol. The summed E-state index contributed by atoms with van der Waals surface area (Å²) in [5, 5.41) is 8.91. The van der Waals surface area contributed by atoms with E-state index in [4.69, 9.17) is 33.6 Å². The predicted octanol–water partition coefficient (Wildman–Crippen LogP) is 2.99. The second kappa shape index (κ2) is 12.9. The minimum atomic E-state index is -0.971. The van der Waals surface area contributed by atoms with E-state index in [1.54, 1.807) is 17.6 Å². The van der Waals surface area contributed by atoms with Crippen molar-refractivity contribution in [3.8, 4) is 23.0 Å². The topological polar surface area (TPSA) is 105 Å². The summed E-state index contributed by atoms with van der Waals surface area (Å²) in [5.74, 6) is 1.58. The molecule has 0 atom stereocenters. The van der Waals surface area contributed by atoms with Crippen molar-refractivity contribution >= 4 is 5.91 Å². The first-order chi connectivity index (χ1) is 16.2. The average Bonchev–Trinajstić information content (AvgIpc) is 2.84. The number of amides is 1. The van der Waals surface area contributed by atoms with Crippen molar-refractivity contribution in [3.05, 3.63) is 48.5 Å². The van der Waals surface area contributed by atoms with Gasteiger partial charge >= 0.3 is 0 Å². The van der Waals surface area contributed by atoms with Crippen LogP contribution in [0, 0.1) is 0 Å². The van der Waals surface area contributed by atoms with Gasteiger partial charge in [0.15, 0.2) is 23.0 Å². The minimum absolute atomic E-state index is 0.0967. The number of hydrogen-bond acceptors (Lipinski definition) is 8. The third-order valence-electron chi connectivity index (χ3n) is 4.99. The molecule has 0 unspecified atom stereocenters. The highest BCUT2D eigenvalue weighted by atomic mass is 16.6. The molecule has 1 amide bonds. The van der Waals surface area contributed by atoms with E-state index in [1.165, 1.54) is 0 Å². The number of fused-ring (bicyclic) bond motifs is 2. The number of nitrogens with one attached hydrogen (secondary N) is 1. The number of ether oxygens (including phenoxy) is 6. The van der Waals surface area contributed by atoms with Crippen LogP contribution in [0.15, 0.2) is 48.5 Å². The Hall–Kier alpha value is -3.01. The van der Waals surface area contributed by atoms with Gasteiger partial charge in [0.2, 0.25) is 0 Å². The molecular formula is C24H31NO8. The molecule has 9 heteroatoms. The third kappa shape index (κ3) is 7.52. The Bertz CT molecular complexity index is 820. The first-order valence-corrected chi connectivity index (χ1v) is 11.0. The van der Waals surface area contributed by atoms with Crippen LogP contribution >= 0.6 is 0 Å². The molecule has 2 aromatic carbocycles. The monoisotopic (exact) mass is 461 g/mol. The molecule has 180 valence electrons. The predicted molar refractivity (Wildman–Crippen MR) is 119 cm³/mol. The molecule has 0 saturated carbocycles. The van der Waals surface area contributed by atoms with Crippen LogP contribution in [0.5, 0.6) is 23.0 Å². The Morgan fingerprint density at radius 1 is 0.879 bits per heavy atom. The van der Waals surface area contributed by atoms with Gasteiger partial charge in [0.05, 0.1) is 13.2 Å². The van der Waals surface area contributed by atoms with Crippen molar-refractivity contribution in [2.75, 3.05) is 46.2 Å². The molecule has 0 saturated heterocycles. The second-order valence-electron chi connectivity index (χ2n) is 7.54. The maximum atomic E-state index is 11.7. The smallest absolute Gasteiger partial charge is 0.269 e. The first kappa shape index (κ1) is 24.6. The Morgan fingerprint density at radius 2 is 1.36 bits per heavy atom. The van der Waals surface area contributed by atoms with Gasteiger partial charge in [0.1, 0.15) is 38.6 Å². The van der Waals surface area contributed by atoms with Crippen LogP contribution in [0.1, 0.15) is 19.8 Å². The zero-order valence-corrected chi connectivity index (χ0v) is 18.8. The largest absolute Gasteiger partial charge is 0.487 e. The second-order valence-corrected chi connectivity index (χ2v) is 7.54. The molecule has 1 heterocycles. The molecule has 9 nitrogen and oxygen atoms in total. The quantitative estimate of drug-likeness (QED) is 0.517. The highest BCUT2D eigenvalue weighted by molar-refractivity contribution is 5.75. The van der Waals surface area contributed by atoms with Gasteiger partial charge in [0, 0.05) is 0 Å². The molecule has 0 radical (unpaired) electrons. The van der Waals surface area contributed by atoms with E-state index in [0.717, 1.165) is 6.42 Å². The van der Waals surface area contributed by atoms with E-state index in [1.807, 2.05) is 43.3 Å². The summed E-state index contributed by atoms with van der Waals surface area (Å²) in [6.45, 7) is 3.35. The fourth-order valence-electron chi connectivity index (χ4n) is 3.37. The minimum Gasteiger partial charge on any atom is -0.487 e. The normalized spacial score (nSPS) is 16.5. The van der Waals surface area contributed by atoms with Crippen molar-refractivity contribution < 1.29 is 38.4 Å². The summed E-state index contributed by atoms with van der Waals surface area (Å²) < 4.78 is 35.4. The molecule has 33 heavy (non-hydrogen) atoms. The van der Waals surface area contributed by atoms with Crippen LogP contribution in [0.4, 0.5) is 0 Å². The van der Waals surface area contributed by atoms with E-state index < -0.39 is 11.5 Å². The highest BCUT2D eigenvalue weighted by Gasteiger charge is 2.34. The lowest BCUT2D eigenvalue weighted by molar-refractivity contribution is -0.148. The molecule has 1 aliphatic heterocycles. The third-order valence-corrected chi connectivity index (χ3v) is 4.99. The zero-order chi connectivity index (χ0) is 23.4. The maximum absolute atomic E-state index is 11.7. The van der Waals surface area contributed by atoms with Crippen LogP contribution in [-0.4, -0.2) is 63.0 Å². The van der Waals surface area contributed by atoms with Gasteiger partial charge in [-0.3, -0.25) is 10.0 Å². The van der Waals surface area contributed by atoms with Crippen LogP contribution in [-0.2, 0) is 14.3 Å². The Morgan fingerprint density at radius 3 is 1.82 bits per heavy atom. The lowest BCUT2D eigenvalue weighted by atomic mass is 9.99. The molecule has 2 N–H and O–H groups in total. The Balaban J connectivity index is 1.88. The molecule has 2 aromatic rings. The van der Waals surface area contributed by atoms with Gasteiger partial charge in [-0.25, -0.2) is 5.48 Å². The van der Waals surface area contributed by atoms with Crippen LogP contribution in [0.2, 0.25) is 0 Å². The van der Waals surface area contributed by atoms with Gasteiger partial charge in [-0.1, -0.05) is 37.6 Å². The Kier molecular flexibility index (Phi) is 9.61. The first-order valence-electron chi connectivity index (χ1n) is 11.0. The number of carbonyl (C=O) groups excluding carboxylic acids is 1. The van der Waals surface area contributed by atoms with E-state index in [-0.39, 0.29) is 19.8 Å². The zero-order valence-electron chi connectivity index (χ0n) is 18.8. The standard InChI is InChI=1S/C24H31NO8/c1-2-11-24(33-16-23(26)25-27)17-31-21-9-5-3-7-19(21)29-14-12-28-13-15-30-20-8-4-6-10-22(20)32-18-24/h3-10,27H,2,11-18H2,1H3,(H,25,26). The van der Waals surface area contributed by atoms with E-state index in [9.17, 15) is 4.79 Å². The summed E-state index contributed by atoms with van der Waals surface area (Å²) in [6.07, 6.45) is 1.30. The highest BCUT2D eigenvalue weighted by Crippen LogP contribution is 2.31. The van der Waals surface area contributed by atoms with Crippen molar-refractivity contribution in [1.82, 2.24) is 5.48 Å². The lowest BCUT2D eigenvalue weighted by Gasteiger charge is -2.33. The fraction of sp³-hybridized carbons (Fsp3) is 0.458. The maximum Gasteiger partial charge on any atom is 0.269 e. The lowest BCUT2D eigenvalue weighted by Crippen LogP contribution is -2.47. The summed E-state index contributed by atoms with van der Waals surface area (Å²) in [6, 6.07) is 14.7. The molecule has 3 rings (SSSR count). The molecule has 0 aromatic heterocycles. The fourth-order valence-corrected chi connectivity index (χ4v) is 3.37. The van der Waals surface area contributed by atoms with E-state index >= 15 is 0 Å². The molecule has 0 fully saturated rings. The van der Waals surface area contributed by atoms with Crippen LogP contribution < -0.4 is 24.4 Å². The molecule has 0 bridgehead atoms. The van der Waals surface area contributed by atoms with Crippen molar-refractivity contribution in [2.24, 2.45) is 0 Å². The molecular weight excluding hydrogens is 430 g/mol. The number of hydrogen-bond donors (Lipinski definition) is 2. The summed E-state index contributed by atoms with van der Waals surface area (Å²) >= 11 is 0. The number of carbonyl (C=O) groups is 1. The SMILES string of the molecule is CCCC1(OCC(=O)NO)COc2ccccc2OCCOCCOc2ccccc2OC1. The van der Waals surface area contributed by atoms with Crippen molar-refractivity contribution in [2.45, 2.75) is 25.4 Å². The van der Waals surface area contributed by atoms with Gasteiger partial charge in [-0.05, 0) is 30.7 Å². The van der Waals surface area contributed by atoms with E-state index in [2.05, 4.69) is 0 Å². The molecule has 1 aliphatic rings. The molecule has 0 aliphatic carbocycles. The van der Waals surface area contributed by atoms with Crippen LogP contribution in [0.3, 0.4) is 0 Å². The molecule has 0 spiro atoms. The summed E-state index contributed by atoms with van der Waals surface area (Å²) in [7, 11) is 0. The number of hydroxylamine groups is 1. The summed E-state index contributed by atoms with van der Waals surface area (Å²) in [4.78, 5) is 11.7. The Labute approximate surface area is 193 Å². The summed E-state index contributed by atoms with van der Waals surface area (Å²) in [5.41, 5.74) is 0.624. The van der Waals surface area contributed by atoms with E-state index in [0.29, 0.717) is 55.8 Å². The van der Waals surface area contributed by atoms with Crippen molar-refractivity contribution in [1.29, 1.82) is 0 Å². The number of benzene rings is 2. The van der Waals surface area contributed by atoms with Gasteiger partial charge < -0.3 is 28.4 Å². The number of para-hydroxylation sites is 4. The van der Waals surface area contributed by atoms with Crippen molar-refractivity contribution in [3.63, 3.8) is 0 Å². The van der Waals surface area contributed by atoms with Gasteiger partial charge in [-0.15, -0.1) is 0 Å². The number of rotatable bonds is 5. The van der Waals surface area contributed by atoms with Gasteiger partial charge in [-0.2, -0.15) is 0 Å².